The molecule has 2 atom stereocenters. The molecule has 1 amide bonds. The average Bonchev–Trinajstić information content (AvgIpc) is 2.60. The van der Waals surface area contributed by atoms with E-state index < -0.39 is 18.2 Å². The second-order valence-corrected chi connectivity index (χ2v) is 6.51. The molecule has 1 unspecified atom stereocenters. The molecule has 0 saturated carbocycles. The van der Waals surface area contributed by atoms with Gasteiger partial charge in [0, 0.05) is 15.7 Å². The van der Waals surface area contributed by atoms with Gasteiger partial charge in [-0.05, 0) is 31.5 Å². The Bertz CT molecular complexity index is 760. The van der Waals surface area contributed by atoms with Gasteiger partial charge < -0.3 is 15.5 Å². The Morgan fingerprint density at radius 2 is 1.68 bits per heavy atom. The summed E-state index contributed by atoms with van der Waals surface area (Å²) in [7, 11) is 0. The largest absolute Gasteiger partial charge is 0.442 e. The molecular weight excluding hydrogens is 384 g/mol. The van der Waals surface area contributed by atoms with E-state index in [0.29, 0.717) is 5.56 Å². The van der Waals surface area contributed by atoms with Gasteiger partial charge in [0.05, 0.1) is 0 Å². The van der Waals surface area contributed by atoms with Crippen molar-refractivity contribution >= 4 is 33.5 Å². The molecule has 0 heterocycles. The SMILES string of the molecule is CC(=N)C(NC(=O)O[C@H](C)c1ccccc1)C(=O)c1ccc(Br)cc1. The molecule has 0 bridgehead atoms. The van der Waals surface area contributed by atoms with Crippen LogP contribution < -0.4 is 5.32 Å². The van der Waals surface area contributed by atoms with E-state index in [-0.39, 0.29) is 11.5 Å². The summed E-state index contributed by atoms with van der Waals surface area (Å²) >= 11 is 3.31. The van der Waals surface area contributed by atoms with Crippen LogP contribution >= 0.6 is 15.9 Å². The summed E-state index contributed by atoms with van der Waals surface area (Å²) < 4.78 is 6.16. The zero-order chi connectivity index (χ0) is 18.4. The van der Waals surface area contributed by atoms with E-state index in [1.54, 1.807) is 31.2 Å². The fraction of sp³-hybridized carbons (Fsp3) is 0.211. The number of carbonyl (C=O) groups excluding carboxylic acids is 2. The zero-order valence-electron chi connectivity index (χ0n) is 14.0. The number of amides is 1. The molecule has 0 aliphatic rings. The first kappa shape index (κ1) is 18.9. The van der Waals surface area contributed by atoms with Gasteiger partial charge in [0.25, 0.3) is 0 Å². The number of Topliss-reactive ketones (excluding diaryl/α,β-unsaturated/α-hetero) is 1. The lowest BCUT2D eigenvalue weighted by Gasteiger charge is -2.19. The summed E-state index contributed by atoms with van der Waals surface area (Å²) in [6, 6.07) is 15.0. The molecule has 2 N–H and O–H groups in total. The number of rotatable bonds is 6. The molecule has 25 heavy (non-hydrogen) atoms. The van der Waals surface area contributed by atoms with Crippen LogP contribution in [0.2, 0.25) is 0 Å². The van der Waals surface area contributed by atoms with Crippen molar-refractivity contribution in [3.8, 4) is 0 Å². The molecule has 0 aliphatic carbocycles. The third-order valence-electron chi connectivity index (χ3n) is 3.64. The first-order valence-corrected chi connectivity index (χ1v) is 8.54. The van der Waals surface area contributed by atoms with Crippen molar-refractivity contribution in [2.75, 3.05) is 0 Å². The lowest BCUT2D eigenvalue weighted by molar-refractivity contribution is 0.0904. The quantitative estimate of drug-likeness (QED) is 0.550. The number of nitrogens with one attached hydrogen (secondary N) is 2. The monoisotopic (exact) mass is 402 g/mol. The summed E-state index contributed by atoms with van der Waals surface area (Å²) in [6.45, 7) is 3.22. The highest BCUT2D eigenvalue weighted by molar-refractivity contribution is 9.10. The molecule has 0 saturated heterocycles. The van der Waals surface area contributed by atoms with Gasteiger partial charge in [-0.2, -0.15) is 0 Å². The Hall–Kier alpha value is -2.47. The molecule has 0 aromatic heterocycles. The Morgan fingerprint density at radius 3 is 2.24 bits per heavy atom. The number of benzene rings is 2. The van der Waals surface area contributed by atoms with Crippen molar-refractivity contribution < 1.29 is 14.3 Å². The van der Waals surface area contributed by atoms with E-state index in [0.717, 1.165) is 10.0 Å². The highest BCUT2D eigenvalue weighted by Gasteiger charge is 2.25. The molecular formula is C19H19BrN2O3. The lowest BCUT2D eigenvalue weighted by Crippen LogP contribution is -2.45. The number of halogens is 1. The van der Waals surface area contributed by atoms with Gasteiger partial charge in [-0.3, -0.25) is 4.79 Å². The Balaban J connectivity index is 2.05. The fourth-order valence-electron chi connectivity index (χ4n) is 2.26. The lowest BCUT2D eigenvalue weighted by atomic mass is 10.0. The van der Waals surface area contributed by atoms with Crippen LogP contribution in [0.25, 0.3) is 0 Å². The number of ether oxygens (including phenoxy) is 1. The maximum absolute atomic E-state index is 12.6. The maximum atomic E-state index is 12.6. The number of hydrogen-bond acceptors (Lipinski definition) is 4. The third kappa shape index (κ3) is 5.26. The Morgan fingerprint density at radius 1 is 1.08 bits per heavy atom. The zero-order valence-corrected chi connectivity index (χ0v) is 15.5. The van der Waals surface area contributed by atoms with E-state index in [2.05, 4.69) is 21.2 Å². The third-order valence-corrected chi connectivity index (χ3v) is 4.17. The summed E-state index contributed by atoms with van der Waals surface area (Å²) in [6.07, 6.45) is -1.20. The van der Waals surface area contributed by atoms with Gasteiger partial charge in [0.2, 0.25) is 0 Å². The van der Waals surface area contributed by atoms with Crippen LogP contribution in [0, 0.1) is 5.41 Å². The molecule has 0 radical (unpaired) electrons. The van der Waals surface area contributed by atoms with Crippen molar-refractivity contribution in [3.63, 3.8) is 0 Å². The van der Waals surface area contributed by atoms with E-state index in [9.17, 15) is 9.59 Å². The van der Waals surface area contributed by atoms with Crippen molar-refractivity contribution in [1.82, 2.24) is 5.32 Å². The first-order chi connectivity index (χ1) is 11.9. The molecule has 0 spiro atoms. The molecule has 0 fully saturated rings. The van der Waals surface area contributed by atoms with E-state index in [1.807, 2.05) is 30.3 Å². The van der Waals surface area contributed by atoms with E-state index in [4.69, 9.17) is 10.1 Å². The highest BCUT2D eigenvalue weighted by Crippen LogP contribution is 2.16. The van der Waals surface area contributed by atoms with Gasteiger partial charge in [-0.1, -0.05) is 58.4 Å². The second-order valence-electron chi connectivity index (χ2n) is 5.59. The van der Waals surface area contributed by atoms with Crippen LogP contribution in [-0.2, 0) is 4.74 Å². The molecule has 2 aromatic carbocycles. The van der Waals surface area contributed by atoms with Crippen molar-refractivity contribution in [1.29, 1.82) is 5.41 Å². The van der Waals surface area contributed by atoms with Gasteiger partial charge >= 0.3 is 6.09 Å². The van der Waals surface area contributed by atoms with Crippen molar-refractivity contribution in [2.24, 2.45) is 0 Å². The average molecular weight is 403 g/mol. The minimum absolute atomic E-state index is 0.0391. The number of alkyl carbamates (subject to hydrolysis) is 1. The molecule has 5 nitrogen and oxygen atoms in total. The minimum atomic E-state index is -1.06. The molecule has 130 valence electrons. The van der Waals surface area contributed by atoms with Crippen LogP contribution in [0.4, 0.5) is 4.79 Å². The number of ketones is 1. The molecule has 2 aromatic rings. The Labute approximate surface area is 155 Å². The normalized spacial score (nSPS) is 12.8. The second kappa shape index (κ2) is 8.58. The summed E-state index contributed by atoms with van der Waals surface area (Å²) in [4.78, 5) is 24.7. The van der Waals surface area contributed by atoms with Gasteiger partial charge in [-0.15, -0.1) is 0 Å². The van der Waals surface area contributed by atoms with E-state index in [1.165, 1.54) is 6.92 Å². The van der Waals surface area contributed by atoms with E-state index >= 15 is 0 Å². The predicted octanol–water partition coefficient (Wildman–Crippen LogP) is 4.53. The van der Waals surface area contributed by atoms with Gasteiger partial charge in [0.1, 0.15) is 12.1 Å². The smallest absolute Gasteiger partial charge is 0.408 e. The van der Waals surface area contributed by atoms with Crippen LogP contribution in [0.5, 0.6) is 0 Å². The van der Waals surface area contributed by atoms with Crippen LogP contribution in [0.15, 0.2) is 59.1 Å². The predicted molar refractivity (Wildman–Crippen MR) is 100 cm³/mol. The summed E-state index contributed by atoms with van der Waals surface area (Å²) in [5, 5.41) is 10.3. The topological polar surface area (TPSA) is 79.2 Å². The van der Waals surface area contributed by atoms with Crippen molar-refractivity contribution in [2.45, 2.75) is 26.0 Å². The van der Waals surface area contributed by atoms with Gasteiger partial charge in [-0.25, -0.2) is 4.79 Å². The van der Waals surface area contributed by atoms with Crippen molar-refractivity contribution in [3.05, 3.63) is 70.2 Å². The number of hydrogen-bond donors (Lipinski definition) is 2. The number of carbonyl (C=O) groups is 2. The Kier molecular flexibility index (Phi) is 6.47. The summed E-state index contributed by atoms with van der Waals surface area (Å²) in [5.74, 6) is -0.357. The van der Waals surface area contributed by atoms with Crippen LogP contribution in [-0.4, -0.2) is 23.6 Å². The van der Waals surface area contributed by atoms with Crippen LogP contribution in [0.1, 0.15) is 35.9 Å². The fourth-order valence-corrected chi connectivity index (χ4v) is 2.52. The van der Waals surface area contributed by atoms with Gasteiger partial charge in [0.15, 0.2) is 5.78 Å². The van der Waals surface area contributed by atoms with Crippen LogP contribution in [0.3, 0.4) is 0 Å². The highest BCUT2D eigenvalue weighted by atomic mass is 79.9. The standard InChI is InChI=1S/C19H19BrN2O3/c1-12(21)17(18(23)15-8-10-16(20)11-9-15)22-19(24)25-13(2)14-6-4-3-5-7-14/h3-11,13,17,21H,1-2H3,(H,22,24)/t13-,17?/m1/s1. The molecule has 6 heteroatoms. The molecule has 0 aliphatic heterocycles. The first-order valence-electron chi connectivity index (χ1n) is 7.75. The molecule has 2 rings (SSSR count). The minimum Gasteiger partial charge on any atom is -0.442 e. The maximum Gasteiger partial charge on any atom is 0.408 e. The summed E-state index contributed by atoms with van der Waals surface area (Å²) in [5.41, 5.74) is 1.30.